The molecule has 4 heteroatoms. The highest BCUT2D eigenvalue weighted by Gasteiger charge is 2.23. The Morgan fingerprint density at radius 1 is 1.26 bits per heavy atom. The van der Waals surface area contributed by atoms with Crippen LogP contribution < -0.4 is 10.1 Å². The number of halogens is 2. The summed E-state index contributed by atoms with van der Waals surface area (Å²) in [6, 6.07) is 13.9. The summed E-state index contributed by atoms with van der Waals surface area (Å²) in [4.78, 5) is 0. The minimum atomic E-state index is 0.377. The lowest BCUT2D eigenvalue weighted by atomic mass is 10.0. The molecule has 1 aliphatic heterocycles. The SMILES string of the molecule is Clc1ccc(Br)c(NCC2COc3ccccc32)c1. The summed E-state index contributed by atoms with van der Waals surface area (Å²) in [6.07, 6.45) is 0. The molecule has 0 amide bonds. The van der Waals surface area contributed by atoms with Gasteiger partial charge in [0.1, 0.15) is 5.75 Å². The fraction of sp³-hybridized carbons (Fsp3) is 0.200. The van der Waals surface area contributed by atoms with Crippen LogP contribution in [0, 0.1) is 0 Å². The van der Waals surface area contributed by atoms with Crippen molar-refractivity contribution in [1.82, 2.24) is 0 Å². The number of anilines is 1. The second-order valence-corrected chi connectivity index (χ2v) is 5.84. The first-order valence-corrected chi connectivity index (χ1v) is 7.32. The lowest BCUT2D eigenvalue weighted by molar-refractivity contribution is 0.334. The Kier molecular flexibility index (Phi) is 3.67. The number of benzene rings is 2. The first-order chi connectivity index (χ1) is 9.24. The zero-order chi connectivity index (χ0) is 13.2. The van der Waals surface area contributed by atoms with Crippen molar-refractivity contribution in [1.29, 1.82) is 0 Å². The monoisotopic (exact) mass is 337 g/mol. The molecule has 1 atom stereocenters. The quantitative estimate of drug-likeness (QED) is 0.876. The Bertz CT molecular complexity index is 602. The Morgan fingerprint density at radius 2 is 2.11 bits per heavy atom. The van der Waals surface area contributed by atoms with Crippen LogP contribution in [-0.2, 0) is 0 Å². The van der Waals surface area contributed by atoms with Crippen LogP contribution >= 0.6 is 27.5 Å². The first kappa shape index (κ1) is 12.8. The minimum absolute atomic E-state index is 0.377. The number of hydrogen-bond acceptors (Lipinski definition) is 2. The maximum atomic E-state index is 6.01. The molecule has 1 unspecified atom stereocenters. The van der Waals surface area contributed by atoms with E-state index in [9.17, 15) is 0 Å². The Morgan fingerprint density at radius 3 is 3.00 bits per heavy atom. The molecule has 0 saturated heterocycles. The van der Waals surface area contributed by atoms with Gasteiger partial charge in [-0.3, -0.25) is 0 Å². The van der Waals surface area contributed by atoms with Crippen molar-refractivity contribution in [3.8, 4) is 5.75 Å². The average Bonchev–Trinajstić information content (AvgIpc) is 2.83. The normalized spacial score (nSPS) is 16.8. The maximum absolute atomic E-state index is 6.01. The van der Waals surface area contributed by atoms with Crippen molar-refractivity contribution in [2.24, 2.45) is 0 Å². The molecule has 2 nitrogen and oxygen atoms in total. The van der Waals surface area contributed by atoms with Crippen molar-refractivity contribution in [2.75, 3.05) is 18.5 Å². The van der Waals surface area contributed by atoms with E-state index in [4.69, 9.17) is 16.3 Å². The van der Waals surface area contributed by atoms with Crippen molar-refractivity contribution in [2.45, 2.75) is 5.92 Å². The summed E-state index contributed by atoms with van der Waals surface area (Å²) in [5, 5.41) is 4.16. The molecule has 2 aromatic carbocycles. The smallest absolute Gasteiger partial charge is 0.122 e. The van der Waals surface area contributed by atoms with Gasteiger partial charge in [0.25, 0.3) is 0 Å². The van der Waals surface area contributed by atoms with E-state index in [1.54, 1.807) is 0 Å². The van der Waals surface area contributed by atoms with Gasteiger partial charge in [0, 0.05) is 33.2 Å². The predicted octanol–water partition coefficient (Wildman–Crippen LogP) is 4.69. The summed E-state index contributed by atoms with van der Waals surface area (Å²) >= 11 is 9.53. The fourth-order valence-corrected chi connectivity index (χ4v) is 2.82. The van der Waals surface area contributed by atoms with Gasteiger partial charge in [-0.05, 0) is 40.2 Å². The van der Waals surface area contributed by atoms with Crippen LogP contribution in [0.25, 0.3) is 0 Å². The van der Waals surface area contributed by atoms with Crippen LogP contribution in [0.2, 0.25) is 5.02 Å². The molecule has 3 rings (SSSR count). The van der Waals surface area contributed by atoms with Crippen molar-refractivity contribution in [3.63, 3.8) is 0 Å². The zero-order valence-corrected chi connectivity index (χ0v) is 12.5. The summed E-state index contributed by atoms with van der Waals surface area (Å²) in [7, 11) is 0. The first-order valence-electron chi connectivity index (χ1n) is 6.14. The number of para-hydroxylation sites is 1. The van der Waals surface area contributed by atoms with Crippen molar-refractivity contribution in [3.05, 3.63) is 57.5 Å². The summed E-state index contributed by atoms with van der Waals surface area (Å²) < 4.78 is 6.69. The molecule has 0 saturated carbocycles. The van der Waals surface area contributed by atoms with E-state index < -0.39 is 0 Å². The van der Waals surface area contributed by atoms with E-state index in [-0.39, 0.29) is 0 Å². The van der Waals surface area contributed by atoms with E-state index in [0.29, 0.717) is 5.92 Å². The number of nitrogens with one attached hydrogen (secondary N) is 1. The molecular formula is C15H13BrClNO. The molecule has 0 fully saturated rings. The molecule has 0 spiro atoms. The van der Waals surface area contributed by atoms with Gasteiger partial charge in [-0.25, -0.2) is 0 Å². The maximum Gasteiger partial charge on any atom is 0.122 e. The van der Waals surface area contributed by atoms with E-state index >= 15 is 0 Å². The molecule has 2 aromatic rings. The van der Waals surface area contributed by atoms with Crippen LogP contribution in [0.3, 0.4) is 0 Å². The number of rotatable bonds is 3. The van der Waals surface area contributed by atoms with E-state index in [1.165, 1.54) is 5.56 Å². The Labute approximate surface area is 125 Å². The molecule has 1 heterocycles. The van der Waals surface area contributed by atoms with Gasteiger partial charge in [0.2, 0.25) is 0 Å². The summed E-state index contributed by atoms with van der Waals surface area (Å²) in [5.74, 6) is 1.38. The molecule has 98 valence electrons. The number of fused-ring (bicyclic) bond motifs is 1. The highest BCUT2D eigenvalue weighted by molar-refractivity contribution is 9.10. The lowest BCUT2D eigenvalue weighted by Crippen LogP contribution is -2.14. The van der Waals surface area contributed by atoms with Gasteiger partial charge in [0.05, 0.1) is 6.61 Å². The van der Waals surface area contributed by atoms with Gasteiger partial charge < -0.3 is 10.1 Å². The van der Waals surface area contributed by atoms with Crippen LogP contribution in [-0.4, -0.2) is 13.2 Å². The number of hydrogen-bond donors (Lipinski definition) is 1. The van der Waals surface area contributed by atoms with E-state index in [2.05, 4.69) is 33.4 Å². The highest BCUT2D eigenvalue weighted by atomic mass is 79.9. The molecule has 0 bridgehead atoms. The van der Waals surface area contributed by atoms with Crippen LogP contribution in [0.5, 0.6) is 5.75 Å². The summed E-state index contributed by atoms with van der Waals surface area (Å²) in [6.45, 7) is 1.56. The van der Waals surface area contributed by atoms with Gasteiger partial charge in [-0.2, -0.15) is 0 Å². The van der Waals surface area contributed by atoms with Gasteiger partial charge in [-0.15, -0.1) is 0 Å². The topological polar surface area (TPSA) is 21.3 Å². The van der Waals surface area contributed by atoms with Gasteiger partial charge >= 0.3 is 0 Å². The van der Waals surface area contributed by atoms with Gasteiger partial charge in [0.15, 0.2) is 0 Å². The molecule has 1 aliphatic rings. The standard InChI is InChI=1S/C15H13BrClNO/c16-13-6-5-11(17)7-14(13)18-8-10-9-19-15-4-2-1-3-12(10)15/h1-7,10,18H,8-9H2. The fourth-order valence-electron chi connectivity index (χ4n) is 2.26. The third-order valence-electron chi connectivity index (χ3n) is 3.27. The van der Waals surface area contributed by atoms with Crippen LogP contribution in [0.4, 0.5) is 5.69 Å². The average molecular weight is 339 g/mol. The highest BCUT2D eigenvalue weighted by Crippen LogP contribution is 2.34. The van der Waals surface area contributed by atoms with E-state index in [0.717, 1.165) is 34.1 Å². The summed E-state index contributed by atoms with van der Waals surface area (Å²) in [5.41, 5.74) is 2.28. The molecular weight excluding hydrogens is 326 g/mol. The second kappa shape index (κ2) is 5.43. The molecule has 1 N–H and O–H groups in total. The van der Waals surface area contributed by atoms with Crippen molar-refractivity contribution < 1.29 is 4.74 Å². The largest absolute Gasteiger partial charge is 0.493 e. The number of ether oxygens (including phenoxy) is 1. The minimum Gasteiger partial charge on any atom is -0.493 e. The van der Waals surface area contributed by atoms with Crippen LogP contribution in [0.15, 0.2) is 46.9 Å². The third-order valence-corrected chi connectivity index (χ3v) is 4.19. The second-order valence-electron chi connectivity index (χ2n) is 4.55. The molecule has 0 aliphatic carbocycles. The van der Waals surface area contributed by atoms with E-state index in [1.807, 2.05) is 30.3 Å². The zero-order valence-electron chi connectivity index (χ0n) is 10.2. The Balaban J connectivity index is 1.72. The molecule has 0 aromatic heterocycles. The van der Waals surface area contributed by atoms with Gasteiger partial charge in [-0.1, -0.05) is 29.8 Å². The third kappa shape index (κ3) is 2.72. The Hall–Kier alpha value is -1.19. The lowest BCUT2D eigenvalue weighted by Gasteiger charge is -2.13. The van der Waals surface area contributed by atoms with Crippen LogP contribution in [0.1, 0.15) is 11.5 Å². The van der Waals surface area contributed by atoms with Crippen molar-refractivity contribution >= 4 is 33.2 Å². The molecule has 19 heavy (non-hydrogen) atoms. The molecule has 0 radical (unpaired) electrons. The predicted molar refractivity (Wildman–Crippen MR) is 82.3 cm³/mol.